The summed E-state index contributed by atoms with van der Waals surface area (Å²) < 4.78 is 0. The average Bonchev–Trinajstić information content (AvgIpc) is 3.49. The van der Waals surface area contributed by atoms with Gasteiger partial charge in [0, 0.05) is 25.4 Å². The Kier molecular flexibility index (Phi) is 14.8. The molecule has 0 radical (unpaired) electrons. The first-order valence-electron chi connectivity index (χ1n) is 16.3. The van der Waals surface area contributed by atoms with Crippen molar-refractivity contribution in [3.8, 4) is 0 Å². The highest BCUT2D eigenvalue weighted by molar-refractivity contribution is 5.95. The fraction of sp³-hybridized carbons (Fsp3) is 0.486. The molecule has 252 valence electrons. The van der Waals surface area contributed by atoms with Crippen LogP contribution in [0.15, 0.2) is 54.6 Å². The first-order chi connectivity index (χ1) is 22.7. The van der Waals surface area contributed by atoms with Crippen molar-refractivity contribution in [2.24, 2.45) is 5.73 Å². The van der Waals surface area contributed by atoms with Gasteiger partial charge in [-0.05, 0) is 61.6 Å². The van der Waals surface area contributed by atoms with Crippen LogP contribution in [0.5, 0.6) is 0 Å². The summed E-state index contributed by atoms with van der Waals surface area (Å²) in [6.07, 6.45) is 6.15. The van der Waals surface area contributed by atoms with Gasteiger partial charge in [0.05, 0.1) is 0 Å². The highest BCUT2D eigenvalue weighted by Gasteiger charge is 2.44. The number of nitrogens with one attached hydrogen (secondary N) is 3. The van der Waals surface area contributed by atoms with Gasteiger partial charge in [-0.3, -0.25) is 24.0 Å². The van der Waals surface area contributed by atoms with Crippen molar-refractivity contribution in [2.75, 3.05) is 0 Å². The van der Waals surface area contributed by atoms with E-state index >= 15 is 0 Å². The molecule has 4 rings (SSSR count). The number of nitrogens with zero attached hydrogens (tertiary/aromatic N) is 1. The Bertz CT molecular complexity index is 1390. The lowest BCUT2D eigenvalue weighted by atomic mass is 9.98. The highest BCUT2D eigenvalue weighted by Crippen LogP contribution is 2.31. The normalized spacial score (nSPS) is 19.4. The summed E-state index contributed by atoms with van der Waals surface area (Å²) in [4.78, 5) is 82.9. The summed E-state index contributed by atoms with van der Waals surface area (Å²) >= 11 is 0. The van der Waals surface area contributed by atoms with Crippen molar-refractivity contribution in [1.29, 1.82) is 0 Å². The Morgan fingerprint density at radius 3 is 2.21 bits per heavy atom. The summed E-state index contributed by atoms with van der Waals surface area (Å²) in [5, 5.41) is 8.58. The zero-order valence-electron chi connectivity index (χ0n) is 26.9. The summed E-state index contributed by atoms with van der Waals surface area (Å²) in [6.45, 7) is 2.37. The number of fused-ring (bicyclic) bond motifs is 1. The Morgan fingerprint density at radius 2 is 1.55 bits per heavy atom. The fourth-order valence-electron chi connectivity index (χ4n) is 6.12. The van der Waals surface area contributed by atoms with Gasteiger partial charge in [-0.1, -0.05) is 74.4 Å². The van der Waals surface area contributed by atoms with Crippen LogP contribution in [0.3, 0.4) is 0 Å². The predicted octanol–water partition coefficient (Wildman–Crippen LogP) is 2.08. The standard InChI is InChI=1S/C34H45N5O5.CO2/c1-2-23-12-14-24(15-13-23)16-21-31(41)37-28-11-7-6-10-26-17-19-29(39(26)34(28)44)33(43)38-27(18-20-30(35)40)32(42)36-22-25-8-4-3-5-9-25;2-1-3/h3-5,8-9,12-15,26-29H,2,6-7,10-11,16-22H2,1H3,(H2,35,40)(H,36,42)(H,37,41)(H,38,43);/t26-,27-,28-,29-;/m0./s1. The maximum absolute atomic E-state index is 13.9. The Hall–Kier alpha value is -4.83. The van der Waals surface area contributed by atoms with Gasteiger partial charge in [-0.15, -0.1) is 0 Å². The number of nitrogens with two attached hydrogens (primary N) is 1. The molecule has 0 bridgehead atoms. The molecule has 2 aliphatic rings. The Labute approximate surface area is 275 Å². The van der Waals surface area contributed by atoms with E-state index in [9.17, 15) is 24.0 Å². The van der Waals surface area contributed by atoms with Gasteiger partial charge in [0.2, 0.25) is 29.5 Å². The van der Waals surface area contributed by atoms with Crippen LogP contribution in [0, 0.1) is 0 Å². The highest BCUT2D eigenvalue weighted by atomic mass is 16.2. The molecule has 2 fully saturated rings. The molecule has 4 atom stereocenters. The van der Waals surface area contributed by atoms with Crippen molar-refractivity contribution in [3.05, 3.63) is 71.3 Å². The average molecular weight is 648 g/mol. The van der Waals surface area contributed by atoms with Gasteiger partial charge < -0.3 is 26.6 Å². The van der Waals surface area contributed by atoms with Crippen LogP contribution in [0.2, 0.25) is 0 Å². The minimum Gasteiger partial charge on any atom is -0.370 e. The molecule has 2 aliphatic heterocycles. The molecule has 0 saturated carbocycles. The first kappa shape index (κ1) is 36.6. The largest absolute Gasteiger partial charge is 0.373 e. The van der Waals surface area contributed by atoms with Crippen LogP contribution in [0.1, 0.15) is 81.4 Å². The van der Waals surface area contributed by atoms with E-state index < -0.39 is 35.8 Å². The smallest absolute Gasteiger partial charge is 0.370 e. The SMILES string of the molecule is CCc1ccc(CCC(=O)N[C@H]2CCCC[C@H]3CC[C@@H](C(=O)N[C@@H](CCC(N)=O)C(=O)NCc4ccccc4)N3C2=O)cc1.O=C=O. The Morgan fingerprint density at radius 1 is 0.894 bits per heavy atom. The molecule has 12 heteroatoms. The zero-order chi connectivity index (χ0) is 34.2. The van der Waals surface area contributed by atoms with E-state index in [1.54, 1.807) is 4.90 Å². The van der Waals surface area contributed by atoms with Crippen LogP contribution in [0.4, 0.5) is 0 Å². The molecular weight excluding hydrogens is 602 g/mol. The Balaban J connectivity index is 0.00000192. The number of aryl methyl sites for hydroxylation is 2. The number of primary amides is 1. The summed E-state index contributed by atoms with van der Waals surface area (Å²) in [5.74, 6) is -1.88. The first-order valence-corrected chi connectivity index (χ1v) is 16.3. The number of rotatable bonds is 13. The van der Waals surface area contributed by atoms with Crippen LogP contribution < -0.4 is 21.7 Å². The minimum atomic E-state index is -0.982. The number of hydrogen-bond acceptors (Lipinski definition) is 7. The number of amides is 5. The topological polar surface area (TPSA) is 185 Å². The van der Waals surface area contributed by atoms with E-state index in [0.717, 1.165) is 36.8 Å². The molecule has 2 heterocycles. The van der Waals surface area contributed by atoms with Crippen molar-refractivity contribution in [3.63, 3.8) is 0 Å². The molecule has 0 aromatic heterocycles. The molecule has 47 heavy (non-hydrogen) atoms. The number of hydrogen-bond donors (Lipinski definition) is 4. The third-order valence-corrected chi connectivity index (χ3v) is 8.67. The van der Waals surface area contributed by atoms with Crippen LogP contribution in [-0.4, -0.2) is 64.8 Å². The van der Waals surface area contributed by atoms with Gasteiger partial charge in [0.15, 0.2) is 0 Å². The van der Waals surface area contributed by atoms with Gasteiger partial charge in [0.1, 0.15) is 18.1 Å². The number of carbonyl (C=O) groups excluding carboxylic acids is 7. The molecule has 12 nitrogen and oxygen atoms in total. The second-order valence-electron chi connectivity index (χ2n) is 11.9. The molecular formula is C35H45N5O7. The molecule has 2 saturated heterocycles. The lowest BCUT2D eigenvalue weighted by Gasteiger charge is -2.35. The van der Waals surface area contributed by atoms with Crippen LogP contribution in [-0.2, 0) is 52.9 Å². The minimum absolute atomic E-state index is 0.0473. The van der Waals surface area contributed by atoms with E-state index in [-0.39, 0.29) is 49.8 Å². The molecule has 2 aromatic rings. The zero-order valence-corrected chi connectivity index (χ0v) is 26.9. The van der Waals surface area contributed by atoms with Crippen LogP contribution >= 0.6 is 0 Å². The maximum Gasteiger partial charge on any atom is 0.373 e. The van der Waals surface area contributed by atoms with E-state index in [1.807, 2.05) is 42.5 Å². The van der Waals surface area contributed by atoms with Crippen molar-refractivity contribution < 1.29 is 33.6 Å². The van der Waals surface area contributed by atoms with E-state index in [4.69, 9.17) is 15.3 Å². The molecule has 2 aromatic carbocycles. The molecule has 5 N–H and O–H groups in total. The second kappa shape index (κ2) is 19.0. The third kappa shape index (κ3) is 11.5. The van der Waals surface area contributed by atoms with E-state index in [0.29, 0.717) is 25.7 Å². The molecule has 5 amide bonds. The van der Waals surface area contributed by atoms with E-state index in [1.165, 1.54) is 5.56 Å². The number of carbonyl (C=O) groups is 5. The quantitative estimate of drug-likeness (QED) is 0.256. The van der Waals surface area contributed by atoms with Crippen LogP contribution in [0.25, 0.3) is 0 Å². The molecule has 0 aliphatic carbocycles. The number of benzene rings is 2. The summed E-state index contributed by atoms with van der Waals surface area (Å²) in [7, 11) is 0. The lowest BCUT2D eigenvalue weighted by molar-refractivity contribution is -0.191. The molecule has 0 unspecified atom stereocenters. The van der Waals surface area contributed by atoms with Crippen molar-refractivity contribution >= 4 is 35.7 Å². The maximum atomic E-state index is 13.9. The second-order valence-corrected chi connectivity index (χ2v) is 11.9. The monoisotopic (exact) mass is 647 g/mol. The lowest BCUT2D eigenvalue weighted by Crippen LogP contribution is -2.58. The molecule has 0 spiro atoms. The fourth-order valence-corrected chi connectivity index (χ4v) is 6.12. The third-order valence-electron chi connectivity index (χ3n) is 8.67. The van der Waals surface area contributed by atoms with Gasteiger partial charge in [0.25, 0.3) is 0 Å². The van der Waals surface area contributed by atoms with Gasteiger partial charge in [-0.2, -0.15) is 9.59 Å². The van der Waals surface area contributed by atoms with Crippen molar-refractivity contribution in [1.82, 2.24) is 20.9 Å². The summed E-state index contributed by atoms with van der Waals surface area (Å²) in [5.41, 5.74) is 8.55. The van der Waals surface area contributed by atoms with E-state index in [2.05, 4.69) is 35.0 Å². The van der Waals surface area contributed by atoms with Gasteiger partial charge in [-0.25, -0.2) is 0 Å². The predicted molar refractivity (Wildman–Crippen MR) is 172 cm³/mol. The van der Waals surface area contributed by atoms with Gasteiger partial charge >= 0.3 is 6.15 Å². The summed E-state index contributed by atoms with van der Waals surface area (Å²) in [6, 6.07) is 15.0. The van der Waals surface area contributed by atoms with Crippen molar-refractivity contribution in [2.45, 2.75) is 108 Å².